The number of rotatable bonds is 7. The maximum Gasteiger partial charge on any atom is 0.372 e. The van der Waals surface area contributed by atoms with E-state index in [0.717, 1.165) is 11.6 Å². The van der Waals surface area contributed by atoms with Gasteiger partial charge in [0.25, 0.3) is 0 Å². The van der Waals surface area contributed by atoms with Gasteiger partial charge in [-0.25, -0.2) is 0 Å². The summed E-state index contributed by atoms with van der Waals surface area (Å²) in [5.74, 6) is 0. The van der Waals surface area contributed by atoms with E-state index < -0.39 is 8.56 Å². The van der Waals surface area contributed by atoms with Gasteiger partial charge in [-0.3, -0.25) is 0 Å². The van der Waals surface area contributed by atoms with E-state index in [0.29, 0.717) is 13.2 Å². The standard InChI is InChI=1S/C14H22O2Si/c1-5-13-11-9-10-12-14(13)17(8-4,15-6-2)16-7-3/h5,9-12H,1,6-8H2,2-4H3. The smallest absolute Gasteiger partial charge is 0.372 e. The minimum Gasteiger partial charge on any atom is -0.391 e. The molecule has 0 spiro atoms. The Morgan fingerprint density at radius 3 is 2.18 bits per heavy atom. The maximum absolute atomic E-state index is 6.02. The summed E-state index contributed by atoms with van der Waals surface area (Å²) >= 11 is 0. The summed E-state index contributed by atoms with van der Waals surface area (Å²) in [5.41, 5.74) is 1.13. The van der Waals surface area contributed by atoms with Gasteiger partial charge in [0.2, 0.25) is 0 Å². The molecule has 1 aromatic rings. The number of hydrogen-bond donors (Lipinski definition) is 0. The molecule has 0 aromatic heterocycles. The highest BCUT2D eigenvalue weighted by molar-refractivity contribution is 6.81. The van der Waals surface area contributed by atoms with Crippen molar-refractivity contribution in [3.63, 3.8) is 0 Å². The van der Waals surface area contributed by atoms with Gasteiger partial charge in [0.15, 0.2) is 0 Å². The van der Waals surface area contributed by atoms with Crippen LogP contribution >= 0.6 is 0 Å². The molecule has 0 aliphatic carbocycles. The fourth-order valence-electron chi connectivity index (χ4n) is 2.08. The Bertz CT molecular complexity index is 357. The summed E-state index contributed by atoms with van der Waals surface area (Å²) in [6.07, 6.45) is 1.88. The molecule has 17 heavy (non-hydrogen) atoms. The summed E-state index contributed by atoms with van der Waals surface area (Å²) < 4.78 is 12.0. The molecule has 0 saturated heterocycles. The first kappa shape index (κ1) is 14.2. The molecule has 0 unspecified atom stereocenters. The predicted octanol–water partition coefficient (Wildman–Crippen LogP) is 3.07. The zero-order valence-electron chi connectivity index (χ0n) is 11.0. The Morgan fingerprint density at radius 2 is 1.71 bits per heavy atom. The lowest BCUT2D eigenvalue weighted by Gasteiger charge is -2.30. The predicted molar refractivity (Wildman–Crippen MR) is 75.7 cm³/mol. The van der Waals surface area contributed by atoms with Crippen LogP contribution in [0.1, 0.15) is 26.3 Å². The van der Waals surface area contributed by atoms with Crippen molar-refractivity contribution in [2.45, 2.75) is 26.8 Å². The Morgan fingerprint density at radius 1 is 1.12 bits per heavy atom. The van der Waals surface area contributed by atoms with Crippen LogP contribution in [-0.4, -0.2) is 21.8 Å². The van der Waals surface area contributed by atoms with Crippen LogP contribution in [0.3, 0.4) is 0 Å². The van der Waals surface area contributed by atoms with E-state index in [-0.39, 0.29) is 0 Å². The molecular formula is C14H22O2Si. The van der Waals surface area contributed by atoms with Gasteiger partial charge in [0.05, 0.1) is 0 Å². The lowest BCUT2D eigenvalue weighted by Crippen LogP contribution is -2.54. The van der Waals surface area contributed by atoms with Gasteiger partial charge in [-0.15, -0.1) is 0 Å². The van der Waals surface area contributed by atoms with Gasteiger partial charge in [-0.1, -0.05) is 43.8 Å². The first-order valence-electron chi connectivity index (χ1n) is 6.23. The van der Waals surface area contributed by atoms with Crippen LogP contribution in [-0.2, 0) is 8.85 Å². The highest BCUT2D eigenvalue weighted by atomic mass is 28.4. The first-order valence-corrected chi connectivity index (χ1v) is 8.26. The van der Waals surface area contributed by atoms with Crippen molar-refractivity contribution in [2.75, 3.05) is 13.2 Å². The second-order valence-corrected chi connectivity index (χ2v) is 7.09. The molecule has 0 aliphatic rings. The fraction of sp³-hybridized carbons (Fsp3) is 0.429. The van der Waals surface area contributed by atoms with Crippen LogP contribution in [0.2, 0.25) is 6.04 Å². The Balaban J connectivity index is 3.23. The van der Waals surface area contributed by atoms with E-state index >= 15 is 0 Å². The number of hydrogen-bond acceptors (Lipinski definition) is 2. The van der Waals surface area contributed by atoms with Crippen molar-refractivity contribution in [3.8, 4) is 0 Å². The highest BCUT2D eigenvalue weighted by Gasteiger charge is 2.38. The molecule has 94 valence electrons. The monoisotopic (exact) mass is 250 g/mol. The molecule has 0 bridgehead atoms. The maximum atomic E-state index is 6.02. The van der Waals surface area contributed by atoms with E-state index in [9.17, 15) is 0 Å². The molecule has 3 heteroatoms. The van der Waals surface area contributed by atoms with Gasteiger partial charge in [-0.2, -0.15) is 0 Å². The van der Waals surface area contributed by atoms with Crippen molar-refractivity contribution in [1.82, 2.24) is 0 Å². The minimum absolute atomic E-state index is 0.686. The first-order chi connectivity index (χ1) is 8.24. The summed E-state index contributed by atoms with van der Waals surface area (Å²) in [7, 11) is -2.28. The van der Waals surface area contributed by atoms with Crippen molar-refractivity contribution in [2.24, 2.45) is 0 Å². The number of benzene rings is 1. The summed E-state index contributed by atoms with van der Waals surface area (Å²) in [4.78, 5) is 0. The third-order valence-corrected chi connectivity index (χ3v) is 6.53. The van der Waals surface area contributed by atoms with Crippen molar-refractivity contribution in [3.05, 3.63) is 36.4 Å². The summed E-state index contributed by atoms with van der Waals surface area (Å²) in [6.45, 7) is 11.4. The molecule has 1 aromatic carbocycles. The third kappa shape index (κ3) is 3.06. The van der Waals surface area contributed by atoms with Gasteiger partial charge in [0.1, 0.15) is 0 Å². The van der Waals surface area contributed by atoms with E-state index in [1.807, 2.05) is 32.1 Å². The molecule has 0 atom stereocenters. The van der Waals surface area contributed by atoms with E-state index in [1.54, 1.807) is 0 Å². The van der Waals surface area contributed by atoms with Crippen LogP contribution in [0.15, 0.2) is 30.8 Å². The molecule has 0 amide bonds. The molecule has 0 heterocycles. The largest absolute Gasteiger partial charge is 0.391 e. The van der Waals surface area contributed by atoms with Crippen LogP contribution in [0.5, 0.6) is 0 Å². The van der Waals surface area contributed by atoms with Gasteiger partial charge in [-0.05, 0) is 25.5 Å². The van der Waals surface area contributed by atoms with Crippen LogP contribution in [0, 0.1) is 0 Å². The molecule has 1 rings (SSSR count). The summed E-state index contributed by atoms with van der Waals surface area (Å²) in [6, 6.07) is 9.15. The van der Waals surface area contributed by atoms with Gasteiger partial charge >= 0.3 is 8.56 Å². The fourth-order valence-corrected chi connectivity index (χ4v) is 5.17. The average molecular weight is 250 g/mol. The average Bonchev–Trinajstić information content (AvgIpc) is 2.38. The Kier molecular flexibility index (Phi) is 5.61. The van der Waals surface area contributed by atoms with Crippen LogP contribution in [0.4, 0.5) is 0 Å². The molecule has 0 saturated carbocycles. The zero-order chi connectivity index (χ0) is 12.7. The second kappa shape index (κ2) is 6.74. The topological polar surface area (TPSA) is 18.5 Å². The summed E-state index contributed by atoms with van der Waals surface area (Å²) in [5, 5.41) is 1.20. The Labute approximate surface area is 106 Å². The quantitative estimate of drug-likeness (QED) is 0.692. The zero-order valence-corrected chi connectivity index (χ0v) is 12.0. The molecular weight excluding hydrogens is 228 g/mol. The third-order valence-electron chi connectivity index (χ3n) is 2.81. The lowest BCUT2D eigenvalue weighted by molar-refractivity contribution is 0.197. The van der Waals surface area contributed by atoms with E-state index in [2.05, 4.69) is 25.6 Å². The normalized spacial score (nSPS) is 11.5. The second-order valence-electron chi connectivity index (χ2n) is 3.76. The van der Waals surface area contributed by atoms with Gasteiger partial charge < -0.3 is 8.85 Å². The molecule has 0 aliphatic heterocycles. The van der Waals surface area contributed by atoms with Crippen molar-refractivity contribution < 1.29 is 8.85 Å². The van der Waals surface area contributed by atoms with Crippen LogP contribution in [0.25, 0.3) is 6.08 Å². The molecule has 0 fully saturated rings. The van der Waals surface area contributed by atoms with Crippen molar-refractivity contribution >= 4 is 19.8 Å². The van der Waals surface area contributed by atoms with Crippen molar-refractivity contribution in [1.29, 1.82) is 0 Å². The molecule has 2 nitrogen and oxygen atoms in total. The SMILES string of the molecule is C=Cc1ccccc1[Si](CC)(OCC)OCC. The Hall–Kier alpha value is -0.903. The van der Waals surface area contributed by atoms with Gasteiger partial charge in [0, 0.05) is 18.4 Å². The van der Waals surface area contributed by atoms with Crippen LogP contribution < -0.4 is 5.19 Å². The molecule has 0 N–H and O–H groups in total. The lowest BCUT2D eigenvalue weighted by atomic mass is 10.2. The van der Waals surface area contributed by atoms with E-state index in [4.69, 9.17) is 8.85 Å². The molecule has 0 radical (unpaired) electrons. The highest BCUT2D eigenvalue weighted by Crippen LogP contribution is 2.16. The minimum atomic E-state index is -2.28. The van der Waals surface area contributed by atoms with E-state index in [1.165, 1.54) is 5.19 Å².